The lowest BCUT2D eigenvalue weighted by atomic mass is 10.1. The molecule has 186 valence electrons. The van der Waals surface area contributed by atoms with Gasteiger partial charge in [0.15, 0.2) is 17.5 Å². The number of rotatable bonds is 9. The number of ether oxygens (including phenoxy) is 2. The Balaban J connectivity index is 0.00000385. The average Bonchev–Trinajstić information content (AvgIpc) is 3.31. The first-order chi connectivity index (χ1) is 15.6. The van der Waals surface area contributed by atoms with E-state index < -0.39 is 0 Å². The van der Waals surface area contributed by atoms with Gasteiger partial charge in [0.25, 0.3) is 0 Å². The second-order valence-corrected chi connectivity index (χ2v) is 8.44. The van der Waals surface area contributed by atoms with Crippen molar-refractivity contribution in [1.29, 1.82) is 0 Å². The molecule has 1 saturated carbocycles. The highest BCUT2D eigenvalue weighted by Gasteiger charge is 2.21. The van der Waals surface area contributed by atoms with Crippen LogP contribution >= 0.6 is 24.0 Å². The maximum Gasteiger partial charge on any atom is 0.219 e. The molecule has 1 aliphatic heterocycles. The molecular formula is C24H40IN5O3. The zero-order valence-electron chi connectivity index (χ0n) is 20.3. The van der Waals surface area contributed by atoms with Crippen LogP contribution in [-0.4, -0.2) is 80.7 Å². The lowest BCUT2D eigenvalue weighted by Gasteiger charge is -2.34. The highest BCUT2D eigenvalue weighted by molar-refractivity contribution is 14.0. The van der Waals surface area contributed by atoms with E-state index in [-0.39, 0.29) is 36.0 Å². The lowest BCUT2D eigenvalue weighted by molar-refractivity contribution is -0.130. The fourth-order valence-electron chi connectivity index (χ4n) is 4.28. The Morgan fingerprint density at radius 2 is 1.88 bits per heavy atom. The van der Waals surface area contributed by atoms with E-state index in [1.165, 1.54) is 12.8 Å². The maximum absolute atomic E-state index is 11.5. The third-order valence-electron chi connectivity index (χ3n) is 6.16. The number of hydrogen-bond acceptors (Lipinski definition) is 5. The zero-order valence-corrected chi connectivity index (χ0v) is 22.6. The number of carbonyl (C=O) groups is 1. The Morgan fingerprint density at radius 1 is 1.15 bits per heavy atom. The molecule has 1 aromatic rings. The summed E-state index contributed by atoms with van der Waals surface area (Å²) in [5.41, 5.74) is 1.04. The molecule has 0 bridgehead atoms. The molecule has 2 N–H and O–H groups in total. The Morgan fingerprint density at radius 3 is 2.52 bits per heavy atom. The molecule has 9 heteroatoms. The van der Waals surface area contributed by atoms with E-state index in [0.29, 0.717) is 6.54 Å². The molecule has 0 unspecified atom stereocenters. The smallest absolute Gasteiger partial charge is 0.219 e. The van der Waals surface area contributed by atoms with Crippen LogP contribution in [0.15, 0.2) is 23.2 Å². The van der Waals surface area contributed by atoms with Gasteiger partial charge in [-0.3, -0.25) is 9.69 Å². The highest BCUT2D eigenvalue weighted by Crippen LogP contribution is 2.35. The second kappa shape index (κ2) is 14.5. The number of carbonyl (C=O) groups excluding carboxylic acids is 1. The average molecular weight is 574 g/mol. The minimum atomic E-state index is 0. The van der Waals surface area contributed by atoms with Gasteiger partial charge in [-0.15, -0.1) is 24.0 Å². The Labute approximate surface area is 215 Å². The molecular weight excluding hydrogens is 533 g/mol. The van der Waals surface area contributed by atoms with Gasteiger partial charge >= 0.3 is 0 Å². The highest BCUT2D eigenvalue weighted by atomic mass is 127. The van der Waals surface area contributed by atoms with Gasteiger partial charge in [-0.05, 0) is 38.7 Å². The quantitative estimate of drug-likeness (QED) is 0.269. The summed E-state index contributed by atoms with van der Waals surface area (Å²) in [5.74, 6) is 2.56. The van der Waals surface area contributed by atoms with Crippen molar-refractivity contribution in [2.24, 2.45) is 4.99 Å². The molecule has 2 fully saturated rings. The largest absolute Gasteiger partial charge is 0.493 e. The van der Waals surface area contributed by atoms with Gasteiger partial charge in [0, 0.05) is 58.3 Å². The molecule has 0 radical (unpaired) electrons. The predicted molar refractivity (Wildman–Crippen MR) is 143 cm³/mol. The molecule has 1 heterocycles. The van der Waals surface area contributed by atoms with Gasteiger partial charge < -0.3 is 25.0 Å². The molecule has 8 nitrogen and oxygen atoms in total. The lowest BCUT2D eigenvalue weighted by Crippen LogP contribution is -2.50. The number of methoxy groups -OCH3 is 1. The van der Waals surface area contributed by atoms with Gasteiger partial charge in [0.1, 0.15) is 0 Å². The molecule has 33 heavy (non-hydrogen) atoms. The van der Waals surface area contributed by atoms with Crippen LogP contribution in [0.4, 0.5) is 0 Å². The van der Waals surface area contributed by atoms with Crippen molar-refractivity contribution >= 4 is 35.8 Å². The molecule has 1 aliphatic carbocycles. The molecule has 1 amide bonds. The number of benzene rings is 1. The number of hydrogen-bond donors (Lipinski definition) is 2. The van der Waals surface area contributed by atoms with Crippen molar-refractivity contribution in [3.05, 3.63) is 23.8 Å². The molecule has 1 saturated heterocycles. The molecule has 2 aliphatic rings. The first-order valence-electron chi connectivity index (χ1n) is 11.9. The van der Waals surface area contributed by atoms with Crippen LogP contribution in [0.1, 0.15) is 45.1 Å². The van der Waals surface area contributed by atoms with Gasteiger partial charge in [-0.1, -0.05) is 12.1 Å². The zero-order chi connectivity index (χ0) is 22.8. The fraction of sp³-hybridized carbons (Fsp3) is 0.667. The van der Waals surface area contributed by atoms with Crippen LogP contribution in [-0.2, 0) is 11.3 Å². The number of nitrogens with zero attached hydrogens (tertiary/aromatic N) is 3. The Kier molecular flexibility index (Phi) is 12.1. The predicted octanol–water partition coefficient (Wildman–Crippen LogP) is 2.85. The van der Waals surface area contributed by atoms with Crippen molar-refractivity contribution < 1.29 is 14.3 Å². The summed E-state index contributed by atoms with van der Waals surface area (Å²) < 4.78 is 11.9. The molecule has 1 aromatic carbocycles. The van der Waals surface area contributed by atoms with Crippen LogP contribution in [0.2, 0.25) is 0 Å². The van der Waals surface area contributed by atoms with E-state index in [4.69, 9.17) is 14.5 Å². The van der Waals surface area contributed by atoms with Crippen molar-refractivity contribution in [1.82, 2.24) is 20.4 Å². The van der Waals surface area contributed by atoms with Gasteiger partial charge in [-0.2, -0.15) is 0 Å². The van der Waals surface area contributed by atoms with Crippen LogP contribution < -0.4 is 20.1 Å². The van der Waals surface area contributed by atoms with Gasteiger partial charge in [0.2, 0.25) is 5.91 Å². The molecule has 3 rings (SSSR count). The number of aliphatic imine (C=N–C) groups is 1. The minimum Gasteiger partial charge on any atom is -0.493 e. The number of amides is 1. The number of halogens is 1. The monoisotopic (exact) mass is 573 g/mol. The SMILES string of the molecule is CCNC(=NCc1cccc(OC)c1OC1CCCC1)NCCN1CCN(C(C)=O)CC1.I. The van der Waals surface area contributed by atoms with Crippen molar-refractivity contribution in [2.45, 2.75) is 52.2 Å². The summed E-state index contributed by atoms with van der Waals surface area (Å²) in [6.45, 7) is 10.2. The fourth-order valence-corrected chi connectivity index (χ4v) is 4.28. The summed E-state index contributed by atoms with van der Waals surface area (Å²) >= 11 is 0. The summed E-state index contributed by atoms with van der Waals surface area (Å²) in [6, 6.07) is 6.01. The molecule has 0 atom stereocenters. The van der Waals surface area contributed by atoms with Crippen LogP contribution in [0.3, 0.4) is 0 Å². The topological polar surface area (TPSA) is 78.4 Å². The Bertz CT molecular complexity index is 762. The number of piperazine rings is 1. The van der Waals surface area contributed by atoms with Gasteiger partial charge in [-0.25, -0.2) is 4.99 Å². The number of guanidine groups is 1. The summed E-state index contributed by atoms with van der Waals surface area (Å²) in [5, 5.41) is 6.77. The standard InChI is InChI=1S/C24H39N5O3.HI/c1-4-25-24(26-12-13-28-14-16-29(17-15-28)19(2)30)27-18-20-8-7-11-22(31-3)23(20)32-21-9-5-6-10-21;/h7-8,11,21H,4-6,9-10,12-18H2,1-3H3,(H2,25,26,27);1H. The van der Waals surface area contributed by atoms with Crippen LogP contribution in [0.25, 0.3) is 0 Å². The normalized spacial score (nSPS) is 17.4. The first kappa shape index (κ1) is 27.5. The van der Waals surface area contributed by atoms with E-state index in [1.54, 1.807) is 14.0 Å². The van der Waals surface area contributed by atoms with E-state index >= 15 is 0 Å². The molecule has 0 spiro atoms. The first-order valence-corrected chi connectivity index (χ1v) is 11.9. The van der Waals surface area contributed by atoms with Gasteiger partial charge in [0.05, 0.1) is 19.8 Å². The van der Waals surface area contributed by atoms with E-state index in [2.05, 4.69) is 28.5 Å². The minimum absolute atomic E-state index is 0. The van der Waals surface area contributed by atoms with Crippen molar-refractivity contribution in [2.75, 3.05) is 52.9 Å². The van der Waals surface area contributed by atoms with Crippen LogP contribution in [0.5, 0.6) is 11.5 Å². The third kappa shape index (κ3) is 8.51. The summed E-state index contributed by atoms with van der Waals surface area (Å²) in [6.07, 6.45) is 4.93. The van der Waals surface area contributed by atoms with Crippen LogP contribution in [0, 0.1) is 0 Å². The summed E-state index contributed by atoms with van der Waals surface area (Å²) in [4.78, 5) is 20.6. The van der Waals surface area contributed by atoms with Crippen molar-refractivity contribution in [3.8, 4) is 11.5 Å². The molecule has 0 aromatic heterocycles. The van der Waals surface area contributed by atoms with E-state index in [9.17, 15) is 4.79 Å². The number of nitrogens with one attached hydrogen (secondary N) is 2. The van der Waals surface area contributed by atoms with E-state index in [1.807, 2.05) is 17.0 Å². The second-order valence-electron chi connectivity index (χ2n) is 8.44. The van der Waals surface area contributed by atoms with E-state index in [0.717, 1.165) is 81.7 Å². The summed E-state index contributed by atoms with van der Waals surface area (Å²) in [7, 11) is 1.69. The Hall–Kier alpha value is -1.75. The third-order valence-corrected chi connectivity index (χ3v) is 6.16. The number of para-hydroxylation sites is 1. The van der Waals surface area contributed by atoms with Crippen molar-refractivity contribution in [3.63, 3.8) is 0 Å². The maximum atomic E-state index is 11.5.